The average Bonchev–Trinajstić information content (AvgIpc) is 3.15. The summed E-state index contributed by atoms with van der Waals surface area (Å²) in [6, 6.07) is 0. The van der Waals surface area contributed by atoms with Crippen molar-refractivity contribution in [3.63, 3.8) is 0 Å². The van der Waals surface area contributed by atoms with Crippen molar-refractivity contribution in [1.82, 2.24) is 0 Å². The van der Waals surface area contributed by atoms with Crippen LogP contribution in [-0.4, -0.2) is 104 Å². The number of hydrogen-bond donors (Lipinski definition) is 2. The van der Waals surface area contributed by atoms with Crippen molar-refractivity contribution >= 4 is 56.4 Å². The van der Waals surface area contributed by atoms with Crippen LogP contribution in [-0.2, 0) is 14.0 Å². The molecule has 0 saturated carbocycles. The van der Waals surface area contributed by atoms with Gasteiger partial charge in [0.15, 0.2) is 0 Å². The summed E-state index contributed by atoms with van der Waals surface area (Å²) in [5.74, 6) is 0. The van der Waals surface area contributed by atoms with Gasteiger partial charge >= 0.3 is 336 Å². The molecule has 51 heavy (non-hydrogen) atoms. The van der Waals surface area contributed by atoms with Gasteiger partial charge in [-0.3, -0.25) is 0 Å². The molecule has 9 heteroatoms. The molecule has 1 heterocycles. The second kappa shape index (κ2) is 30.3. The maximum atomic E-state index is 12.3. The Labute approximate surface area is 332 Å². The molecule has 0 spiro atoms. The zero-order valence-electron chi connectivity index (χ0n) is 35.7. The summed E-state index contributed by atoms with van der Waals surface area (Å²) in [5, 5.41) is 24.3. The summed E-state index contributed by atoms with van der Waals surface area (Å²) < 4.78 is 40.2. The predicted octanol–water partition coefficient (Wildman–Crippen LogP) is 12.9. The van der Waals surface area contributed by atoms with Gasteiger partial charge in [-0.2, -0.15) is 0 Å². The van der Waals surface area contributed by atoms with Crippen molar-refractivity contribution in [3.8, 4) is 0 Å². The molecule has 1 aliphatic rings. The summed E-state index contributed by atoms with van der Waals surface area (Å²) in [7, 11) is 0. The third kappa shape index (κ3) is 19.0. The zero-order valence-corrected chi connectivity index (χ0v) is 44.3. The molecule has 0 radical (unpaired) electrons. The van der Waals surface area contributed by atoms with Crippen LogP contribution >= 0.6 is 0 Å². The van der Waals surface area contributed by atoms with Crippen LogP contribution in [0.25, 0.3) is 0 Å². The Kier molecular flexibility index (Phi) is 30.4. The minimum absolute atomic E-state index is 0.400. The van der Waals surface area contributed by atoms with E-state index in [1.165, 1.54) is 136 Å². The molecule has 0 aromatic heterocycles. The first-order chi connectivity index (χ1) is 24.6. The molecule has 306 valence electrons. The molecule has 5 atom stereocenters. The molecule has 0 amide bonds. The Bertz CT molecular complexity index is 754. The van der Waals surface area contributed by atoms with E-state index >= 15 is 0 Å². The number of aliphatic hydroxyl groups is 2. The molecule has 1 rings (SSSR count). The molecule has 1 fully saturated rings. The van der Waals surface area contributed by atoms with Gasteiger partial charge in [0, 0.05) is 0 Å². The standard InChI is InChI=1S/C6H9O6.9C4H9.3Sn/c7-1-2-3(8)4(9)5(10)6(11)12-2;9*1-3-4-2;;;/h2-6,9-10H,1H2;9*1,3-4H2,2H3;;;/q-3;;;;;;;;;;3*+1/t2-,3-,4+,5-,6-;;;;;;;;;;;;/m1............/s1. The monoisotopic (exact) mass is 1050 g/mol. The quantitative estimate of drug-likeness (QED) is 0.0626. The van der Waals surface area contributed by atoms with Gasteiger partial charge in [0.1, 0.15) is 0 Å². The number of ether oxygens (including phenoxy) is 1. The van der Waals surface area contributed by atoms with E-state index in [0.717, 1.165) is 19.3 Å². The topological polar surface area (TPSA) is 77.4 Å². The van der Waals surface area contributed by atoms with E-state index < -0.39 is 87.1 Å². The Hall–Kier alpha value is 2.16. The van der Waals surface area contributed by atoms with Crippen LogP contribution in [0, 0.1) is 0 Å². The molecule has 0 aromatic rings. The fourth-order valence-corrected chi connectivity index (χ4v) is 49.5. The van der Waals surface area contributed by atoms with E-state index in [4.69, 9.17) is 14.0 Å². The summed E-state index contributed by atoms with van der Waals surface area (Å²) in [5.41, 5.74) is 0. The minimum atomic E-state index is -3.21. The van der Waals surface area contributed by atoms with Crippen molar-refractivity contribution in [3.05, 3.63) is 0 Å². The first kappa shape index (κ1) is 51.2. The fraction of sp³-hybridized carbons (Fsp3) is 1.00. The number of rotatable bonds is 34. The Morgan fingerprint density at radius 2 is 0.706 bits per heavy atom. The molecule has 1 aliphatic heterocycles. The summed E-state index contributed by atoms with van der Waals surface area (Å²) in [4.78, 5) is 0. The zero-order chi connectivity index (χ0) is 38.0. The van der Waals surface area contributed by atoms with Crippen molar-refractivity contribution in [2.75, 3.05) is 6.61 Å². The Morgan fingerprint density at radius 3 is 1.02 bits per heavy atom. The molecule has 2 N–H and O–H groups in total. The van der Waals surface area contributed by atoms with Crippen LogP contribution in [0.5, 0.6) is 0 Å². The van der Waals surface area contributed by atoms with Crippen LogP contribution in [0.1, 0.15) is 178 Å². The maximum absolute atomic E-state index is 12.3. The van der Waals surface area contributed by atoms with Crippen LogP contribution in [0.3, 0.4) is 0 Å². The van der Waals surface area contributed by atoms with E-state index in [1.54, 1.807) is 0 Å². The van der Waals surface area contributed by atoms with Gasteiger partial charge in [-0.05, 0) is 0 Å². The third-order valence-electron chi connectivity index (χ3n) is 11.8. The number of aliphatic hydroxyl groups excluding tert-OH is 2. The molecule has 0 aliphatic carbocycles. The first-order valence-corrected chi connectivity index (χ1v) is 44.3. The van der Waals surface area contributed by atoms with Crippen LogP contribution in [0.2, 0.25) is 39.9 Å². The molecule has 1 saturated heterocycles. The first-order valence-electron chi connectivity index (χ1n) is 22.6. The van der Waals surface area contributed by atoms with E-state index in [-0.39, 0.29) is 0 Å². The van der Waals surface area contributed by atoms with Crippen molar-refractivity contribution in [1.29, 1.82) is 0 Å². The van der Waals surface area contributed by atoms with Gasteiger partial charge < -0.3 is 0 Å². The second-order valence-corrected chi connectivity index (χ2v) is 51.8. The summed E-state index contributed by atoms with van der Waals surface area (Å²) >= 11 is -9.40. The fourth-order valence-electron chi connectivity index (χ4n) is 8.26. The van der Waals surface area contributed by atoms with E-state index in [2.05, 4.69) is 62.3 Å². The van der Waals surface area contributed by atoms with Gasteiger partial charge in [-0.1, -0.05) is 0 Å². The van der Waals surface area contributed by atoms with E-state index in [9.17, 15) is 10.2 Å². The molecular formula is C42H90O6Sn3. The van der Waals surface area contributed by atoms with Crippen LogP contribution in [0.15, 0.2) is 0 Å². The average molecular weight is 1050 g/mol. The van der Waals surface area contributed by atoms with Crippen LogP contribution in [0.4, 0.5) is 0 Å². The van der Waals surface area contributed by atoms with Gasteiger partial charge in [0.25, 0.3) is 0 Å². The van der Waals surface area contributed by atoms with Gasteiger partial charge in [0.05, 0.1) is 0 Å². The van der Waals surface area contributed by atoms with Crippen molar-refractivity contribution in [2.45, 2.75) is 249 Å². The van der Waals surface area contributed by atoms with E-state index in [1.807, 2.05) is 0 Å². The molecular weight excluding hydrogens is 957 g/mol. The number of hydrogen-bond acceptors (Lipinski definition) is 6. The Morgan fingerprint density at radius 1 is 0.412 bits per heavy atom. The molecule has 0 bridgehead atoms. The molecule has 0 unspecified atom stereocenters. The summed E-state index contributed by atoms with van der Waals surface area (Å²) in [6.07, 6.45) is 17.6. The van der Waals surface area contributed by atoms with Crippen molar-refractivity contribution in [2.24, 2.45) is 0 Å². The van der Waals surface area contributed by atoms with Gasteiger partial charge in [-0.25, -0.2) is 0 Å². The normalized spacial score (nSPS) is 21.8. The Balaban J connectivity index is 3.71. The second-order valence-electron chi connectivity index (χ2n) is 16.5. The molecule has 0 aromatic carbocycles. The predicted molar refractivity (Wildman–Crippen MR) is 227 cm³/mol. The van der Waals surface area contributed by atoms with Crippen LogP contribution < -0.4 is 0 Å². The number of unbranched alkanes of at least 4 members (excludes halogenated alkanes) is 9. The third-order valence-corrected chi connectivity index (χ3v) is 50.8. The van der Waals surface area contributed by atoms with Crippen molar-refractivity contribution < 1.29 is 24.2 Å². The molecule has 6 nitrogen and oxygen atoms in total. The summed E-state index contributed by atoms with van der Waals surface area (Å²) in [6.45, 7) is 21.1. The van der Waals surface area contributed by atoms with E-state index in [0.29, 0.717) is 6.61 Å². The SMILES string of the molecule is CCC[CH2][Sn]([CH2]CCC)([CH2]CCC)[O]C[C@H]1O[C@@H]([O][Sn]([CH2]CCC)([CH2]CCC)[CH2]CCC)[C@H](O)[C@@H](O)[C@@H]1[O][Sn]([CH2]CCC)([CH2]CCC)[CH2]CCC. The van der Waals surface area contributed by atoms with Gasteiger partial charge in [-0.15, -0.1) is 0 Å². The van der Waals surface area contributed by atoms with Gasteiger partial charge in [0.2, 0.25) is 0 Å².